The van der Waals surface area contributed by atoms with Gasteiger partial charge in [-0.1, -0.05) is 0 Å². The highest BCUT2D eigenvalue weighted by molar-refractivity contribution is 5.82. The van der Waals surface area contributed by atoms with E-state index < -0.39 is 0 Å². The number of hydrogen-bond donors (Lipinski definition) is 1. The first-order valence-corrected chi connectivity index (χ1v) is 7.77. The first kappa shape index (κ1) is 16.7. The summed E-state index contributed by atoms with van der Waals surface area (Å²) >= 11 is 0. The second-order valence-electron chi connectivity index (χ2n) is 5.80. The summed E-state index contributed by atoms with van der Waals surface area (Å²) < 4.78 is 16.3. The van der Waals surface area contributed by atoms with Crippen molar-refractivity contribution >= 4 is 11.4 Å². The molecule has 0 fully saturated rings. The van der Waals surface area contributed by atoms with Crippen LogP contribution >= 0.6 is 0 Å². The monoisotopic (exact) mass is 339 g/mol. The van der Waals surface area contributed by atoms with Crippen molar-refractivity contribution in [2.75, 3.05) is 38.9 Å². The molecule has 6 nitrogen and oxygen atoms in total. The maximum atomic E-state index is 6.16. The van der Waals surface area contributed by atoms with Crippen molar-refractivity contribution < 1.29 is 13.9 Å². The average molecular weight is 339 g/mol. The van der Waals surface area contributed by atoms with Crippen LogP contribution in [0, 0.1) is 0 Å². The fourth-order valence-corrected chi connectivity index (χ4v) is 2.70. The number of benzene rings is 2. The lowest BCUT2D eigenvalue weighted by Gasteiger charge is -2.15. The third kappa shape index (κ3) is 3.24. The summed E-state index contributed by atoms with van der Waals surface area (Å²) in [6.07, 6.45) is 1.42. The number of oxazole rings is 1. The van der Waals surface area contributed by atoms with E-state index in [0.29, 0.717) is 28.6 Å². The molecule has 0 bridgehead atoms. The van der Waals surface area contributed by atoms with E-state index in [1.165, 1.54) is 6.39 Å². The molecular formula is C19H21N3O3. The molecule has 25 heavy (non-hydrogen) atoms. The van der Waals surface area contributed by atoms with E-state index in [0.717, 1.165) is 16.8 Å². The minimum atomic E-state index is 0.646. The molecule has 0 aliphatic heterocycles. The molecule has 0 radical (unpaired) electrons. The molecule has 0 saturated heterocycles. The standard InChI is InChI=1S/C19H21N3O3/c1-22(2)17-6-5-12(9-16(17)20)19-18(21-11-25-19)13-7-14(23-3)10-15(8-13)24-4/h5-11H,20H2,1-4H3. The van der Waals surface area contributed by atoms with E-state index in [9.17, 15) is 0 Å². The van der Waals surface area contributed by atoms with Crippen LogP contribution in [0.4, 0.5) is 11.4 Å². The Labute approximate surface area is 146 Å². The maximum absolute atomic E-state index is 6.16. The van der Waals surface area contributed by atoms with Crippen LogP contribution in [0.15, 0.2) is 47.2 Å². The summed E-state index contributed by atoms with van der Waals surface area (Å²) in [5.74, 6) is 2.02. The Morgan fingerprint density at radius 1 is 0.960 bits per heavy atom. The summed E-state index contributed by atoms with van der Waals surface area (Å²) in [7, 11) is 7.13. The molecule has 0 atom stereocenters. The van der Waals surface area contributed by atoms with Crippen LogP contribution in [-0.4, -0.2) is 33.3 Å². The van der Waals surface area contributed by atoms with Gasteiger partial charge < -0.3 is 24.5 Å². The van der Waals surface area contributed by atoms with Gasteiger partial charge in [0.2, 0.25) is 0 Å². The highest BCUT2D eigenvalue weighted by Crippen LogP contribution is 2.37. The second-order valence-corrected chi connectivity index (χ2v) is 5.80. The summed E-state index contributed by atoms with van der Waals surface area (Å²) in [5.41, 5.74) is 10.2. The van der Waals surface area contributed by atoms with Crippen LogP contribution in [0.3, 0.4) is 0 Å². The van der Waals surface area contributed by atoms with Crippen molar-refractivity contribution in [1.82, 2.24) is 4.98 Å². The zero-order chi connectivity index (χ0) is 18.0. The first-order chi connectivity index (χ1) is 12.0. The number of nitrogens with two attached hydrogens (primary N) is 1. The Bertz CT molecular complexity index is 865. The Hall–Kier alpha value is -3.15. The van der Waals surface area contributed by atoms with E-state index in [2.05, 4.69) is 4.98 Å². The van der Waals surface area contributed by atoms with Crippen molar-refractivity contribution in [1.29, 1.82) is 0 Å². The van der Waals surface area contributed by atoms with Crippen molar-refractivity contribution in [3.05, 3.63) is 42.8 Å². The molecule has 6 heteroatoms. The average Bonchev–Trinajstić information content (AvgIpc) is 3.10. The van der Waals surface area contributed by atoms with Gasteiger partial charge in [-0.25, -0.2) is 4.98 Å². The Morgan fingerprint density at radius 3 is 2.20 bits per heavy atom. The largest absolute Gasteiger partial charge is 0.497 e. The van der Waals surface area contributed by atoms with Crippen LogP contribution in [0.25, 0.3) is 22.6 Å². The van der Waals surface area contributed by atoms with Gasteiger partial charge in [0, 0.05) is 31.3 Å². The molecular weight excluding hydrogens is 318 g/mol. The van der Waals surface area contributed by atoms with Crippen LogP contribution in [0.1, 0.15) is 0 Å². The molecule has 2 N–H and O–H groups in total. The molecule has 3 aromatic rings. The van der Waals surface area contributed by atoms with Gasteiger partial charge in [0.15, 0.2) is 12.2 Å². The summed E-state index contributed by atoms with van der Waals surface area (Å²) in [5, 5.41) is 0. The van der Waals surface area contributed by atoms with Gasteiger partial charge in [0.25, 0.3) is 0 Å². The van der Waals surface area contributed by atoms with Gasteiger partial charge >= 0.3 is 0 Å². The molecule has 0 unspecified atom stereocenters. The zero-order valence-electron chi connectivity index (χ0n) is 14.7. The predicted octanol–water partition coefficient (Wildman–Crippen LogP) is 3.67. The molecule has 0 amide bonds. The third-order valence-corrected chi connectivity index (χ3v) is 3.96. The lowest BCUT2D eigenvalue weighted by atomic mass is 10.0. The minimum absolute atomic E-state index is 0.646. The fourth-order valence-electron chi connectivity index (χ4n) is 2.70. The van der Waals surface area contributed by atoms with E-state index in [1.807, 2.05) is 55.4 Å². The van der Waals surface area contributed by atoms with Crippen molar-refractivity contribution in [2.24, 2.45) is 0 Å². The number of ether oxygens (including phenoxy) is 2. The molecule has 0 spiro atoms. The van der Waals surface area contributed by atoms with E-state index >= 15 is 0 Å². The lowest BCUT2D eigenvalue weighted by Crippen LogP contribution is -2.10. The van der Waals surface area contributed by atoms with Gasteiger partial charge in [0.05, 0.1) is 25.6 Å². The predicted molar refractivity (Wildman–Crippen MR) is 99.2 cm³/mol. The van der Waals surface area contributed by atoms with Crippen LogP contribution < -0.4 is 20.1 Å². The smallest absolute Gasteiger partial charge is 0.182 e. The molecule has 0 aliphatic rings. The van der Waals surface area contributed by atoms with Gasteiger partial charge in [-0.15, -0.1) is 0 Å². The molecule has 130 valence electrons. The summed E-state index contributed by atoms with van der Waals surface area (Å²) in [4.78, 5) is 6.34. The molecule has 3 rings (SSSR count). The van der Waals surface area contributed by atoms with Crippen molar-refractivity contribution in [3.8, 4) is 34.1 Å². The van der Waals surface area contributed by atoms with Gasteiger partial charge in [-0.05, 0) is 30.3 Å². The SMILES string of the molecule is COc1cc(OC)cc(-c2ncoc2-c2ccc(N(C)C)c(N)c2)c1. The van der Waals surface area contributed by atoms with E-state index in [4.69, 9.17) is 19.6 Å². The van der Waals surface area contributed by atoms with E-state index in [1.54, 1.807) is 14.2 Å². The quantitative estimate of drug-likeness (QED) is 0.715. The van der Waals surface area contributed by atoms with Gasteiger partial charge in [0.1, 0.15) is 17.2 Å². The Kier molecular flexibility index (Phi) is 4.52. The highest BCUT2D eigenvalue weighted by Gasteiger charge is 2.16. The number of methoxy groups -OCH3 is 2. The first-order valence-electron chi connectivity index (χ1n) is 7.77. The lowest BCUT2D eigenvalue weighted by molar-refractivity contribution is 0.394. The molecule has 0 saturated carbocycles. The molecule has 1 heterocycles. The maximum Gasteiger partial charge on any atom is 0.182 e. The number of anilines is 2. The van der Waals surface area contributed by atoms with Crippen LogP contribution in [0.2, 0.25) is 0 Å². The van der Waals surface area contributed by atoms with Gasteiger partial charge in [-0.2, -0.15) is 0 Å². The minimum Gasteiger partial charge on any atom is -0.497 e. The highest BCUT2D eigenvalue weighted by atomic mass is 16.5. The summed E-state index contributed by atoms with van der Waals surface area (Å²) in [6, 6.07) is 11.4. The van der Waals surface area contributed by atoms with Crippen LogP contribution in [-0.2, 0) is 0 Å². The number of rotatable bonds is 5. The third-order valence-electron chi connectivity index (χ3n) is 3.96. The number of hydrogen-bond acceptors (Lipinski definition) is 6. The molecule has 0 aliphatic carbocycles. The van der Waals surface area contributed by atoms with E-state index in [-0.39, 0.29) is 0 Å². The molecule has 1 aromatic heterocycles. The number of aromatic nitrogens is 1. The number of nitrogen functional groups attached to an aromatic ring is 1. The van der Waals surface area contributed by atoms with Crippen LogP contribution in [0.5, 0.6) is 11.5 Å². The topological polar surface area (TPSA) is 73.8 Å². The summed E-state index contributed by atoms with van der Waals surface area (Å²) in [6.45, 7) is 0. The van der Waals surface area contributed by atoms with Crippen molar-refractivity contribution in [3.63, 3.8) is 0 Å². The van der Waals surface area contributed by atoms with Gasteiger partial charge in [-0.3, -0.25) is 0 Å². The van der Waals surface area contributed by atoms with Crippen molar-refractivity contribution in [2.45, 2.75) is 0 Å². The zero-order valence-corrected chi connectivity index (χ0v) is 14.7. The Morgan fingerprint density at radius 2 is 1.64 bits per heavy atom. The fraction of sp³-hybridized carbons (Fsp3) is 0.211. The molecule has 2 aromatic carbocycles. The number of nitrogens with zero attached hydrogens (tertiary/aromatic N) is 2. The second kappa shape index (κ2) is 6.76. The Balaban J connectivity index is 2.09. The normalized spacial score (nSPS) is 10.6.